The summed E-state index contributed by atoms with van der Waals surface area (Å²) in [4.78, 5) is 4.07. The fourth-order valence-corrected chi connectivity index (χ4v) is 3.33. The summed E-state index contributed by atoms with van der Waals surface area (Å²) in [5.74, 6) is 0.781. The number of piperazine rings is 1. The van der Waals surface area contributed by atoms with Crippen molar-refractivity contribution in [2.24, 2.45) is 0 Å². The van der Waals surface area contributed by atoms with Crippen LogP contribution in [0.4, 0.5) is 24.7 Å². The molecule has 0 unspecified atom stereocenters. The Kier molecular flexibility index (Phi) is 4.90. The van der Waals surface area contributed by atoms with Gasteiger partial charge in [-0.15, -0.1) is 10.2 Å². The first kappa shape index (κ1) is 18.3. The molecule has 0 saturated carbocycles. The molecule has 0 aliphatic carbocycles. The first-order valence-corrected chi connectivity index (χ1v) is 9.07. The molecule has 0 spiro atoms. The van der Waals surface area contributed by atoms with Gasteiger partial charge in [-0.05, 0) is 30.3 Å². The van der Waals surface area contributed by atoms with Gasteiger partial charge >= 0.3 is 6.18 Å². The Balaban J connectivity index is 1.42. The van der Waals surface area contributed by atoms with Crippen molar-refractivity contribution in [3.05, 3.63) is 72.3 Å². The standard InChI is InChI=1S/C21H19F3N4/c22-21(23,24)17-7-4-8-18(15-17)27-11-13-28(14-12-27)20-10-9-19(25-26-20)16-5-2-1-3-6-16/h1-10,15H,11-14H2. The molecule has 4 nitrogen and oxygen atoms in total. The average molecular weight is 384 g/mol. The minimum Gasteiger partial charge on any atom is -0.368 e. The third kappa shape index (κ3) is 3.93. The monoisotopic (exact) mass is 384 g/mol. The van der Waals surface area contributed by atoms with Crippen LogP contribution in [0.1, 0.15) is 5.56 Å². The van der Waals surface area contributed by atoms with Gasteiger partial charge in [-0.1, -0.05) is 36.4 Å². The Morgan fingerprint density at radius 2 is 1.43 bits per heavy atom. The normalized spacial score (nSPS) is 15.0. The molecule has 2 aromatic carbocycles. The van der Waals surface area contributed by atoms with Crippen LogP contribution in [0.25, 0.3) is 11.3 Å². The van der Waals surface area contributed by atoms with Gasteiger partial charge in [0.05, 0.1) is 11.3 Å². The maximum Gasteiger partial charge on any atom is 0.416 e. The van der Waals surface area contributed by atoms with E-state index in [2.05, 4.69) is 15.1 Å². The molecule has 28 heavy (non-hydrogen) atoms. The van der Waals surface area contributed by atoms with Crippen molar-refractivity contribution in [2.75, 3.05) is 36.0 Å². The van der Waals surface area contributed by atoms with E-state index in [-0.39, 0.29) is 0 Å². The molecule has 0 radical (unpaired) electrons. The lowest BCUT2D eigenvalue weighted by atomic mass is 10.1. The van der Waals surface area contributed by atoms with Crippen molar-refractivity contribution in [3.63, 3.8) is 0 Å². The molecule has 1 aliphatic heterocycles. The van der Waals surface area contributed by atoms with Crippen molar-refractivity contribution >= 4 is 11.5 Å². The number of anilines is 2. The Morgan fingerprint density at radius 1 is 0.714 bits per heavy atom. The highest BCUT2D eigenvalue weighted by atomic mass is 19.4. The number of aromatic nitrogens is 2. The zero-order valence-electron chi connectivity index (χ0n) is 15.1. The predicted molar refractivity (Wildman–Crippen MR) is 103 cm³/mol. The highest BCUT2D eigenvalue weighted by Crippen LogP contribution is 2.32. The topological polar surface area (TPSA) is 32.3 Å². The lowest BCUT2D eigenvalue weighted by molar-refractivity contribution is -0.137. The van der Waals surface area contributed by atoms with Crippen LogP contribution in [-0.4, -0.2) is 36.4 Å². The SMILES string of the molecule is FC(F)(F)c1cccc(N2CCN(c3ccc(-c4ccccc4)nn3)CC2)c1. The zero-order valence-corrected chi connectivity index (χ0v) is 15.1. The lowest BCUT2D eigenvalue weighted by Gasteiger charge is -2.36. The molecule has 0 atom stereocenters. The summed E-state index contributed by atoms with van der Waals surface area (Å²) in [5, 5.41) is 8.64. The summed E-state index contributed by atoms with van der Waals surface area (Å²) in [5.41, 5.74) is 1.80. The van der Waals surface area contributed by atoms with E-state index in [9.17, 15) is 13.2 Å². The third-order valence-electron chi connectivity index (χ3n) is 4.86. The van der Waals surface area contributed by atoms with E-state index in [0.29, 0.717) is 31.9 Å². The number of alkyl halides is 3. The van der Waals surface area contributed by atoms with E-state index in [1.54, 1.807) is 6.07 Å². The highest BCUT2D eigenvalue weighted by molar-refractivity contribution is 5.59. The van der Waals surface area contributed by atoms with E-state index in [0.717, 1.165) is 23.1 Å². The molecule has 1 fully saturated rings. The molecule has 0 N–H and O–H groups in total. The van der Waals surface area contributed by atoms with Crippen molar-refractivity contribution in [1.29, 1.82) is 0 Å². The van der Waals surface area contributed by atoms with Crippen LogP contribution in [0.3, 0.4) is 0 Å². The van der Waals surface area contributed by atoms with Crippen molar-refractivity contribution < 1.29 is 13.2 Å². The van der Waals surface area contributed by atoms with Crippen LogP contribution in [0.5, 0.6) is 0 Å². The Labute approximate surface area is 161 Å². The Hall–Kier alpha value is -3.09. The average Bonchev–Trinajstić information content (AvgIpc) is 2.74. The summed E-state index contributed by atoms with van der Waals surface area (Å²) < 4.78 is 38.8. The Morgan fingerprint density at radius 3 is 2.07 bits per heavy atom. The van der Waals surface area contributed by atoms with Crippen molar-refractivity contribution in [3.8, 4) is 11.3 Å². The van der Waals surface area contributed by atoms with Crippen LogP contribution in [0.2, 0.25) is 0 Å². The molecule has 3 aromatic rings. The molecule has 144 valence electrons. The maximum atomic E-state index is 12.9. The van der Waals surface area contributed by atoms with Crippen molar-refractivity contribution in [2.45, 2.75) is 6.18 Å². The van der Waals surface area contributed by atoms with E-state index < -0.39 is 11.7 Å². The van der Waals surface area contributed by atoms with Gasteiger partial charge < -0.3 is 9.80 Å². The van der Waals surface area contributed by atoms with E-state index in [1.807, 2.05) is 47.4 Å². The minimum atomic E-state index is -4.33. The fourth-order valence-electron chi connectivity index (χ4n) is 3.33. The number of hydrogen-bond donors (Lipinski definition) is 0. The van der Waals surface area contributed by atoms with Gasteiger partial charge in [0.25, 0.3) is 0 Å². The van der Waals surface area contributed by atoms with Gasteiger partial charge in [0.15, 0.2) is 5.82 Å². The quantitative estimate of drug-likeness (QED) is 0.666. The third-order valence-corrected chi connectivity index (χ3v) is 4.86. The molecule has 4 rings (SSSR count). The van der Waals surface area contributed by atoms with Crippen molar-refractivity contribution in [1.82, 2.24) is 10.2 Å². The predicted octanol–water partition coefficient (Wildman–Crippen LogP) is 4.49. The smallest absolute Gasteiger partial charge is 0.368 e. The largest absolute Gasteiger partial charge is 0.416 e. The molecule has 0 bridgehead atoms. The zero-order chi connectivity index (χ0) is 19.6. The van der Waals surface area contributed by atoms with Crippen LogP contribution in [0.15, 0.2) is 66.7 Å². The molecule has 1 aliphatic rings. The van der Waals surface area contributed by atoms with E-state index in [4.69, 9.17) is 0 Å². The lowest BCUT2D eigenvalue weighted by Crippen LogP contribution is -2.47. The number of rotatable bonds is 3. The second-order valence-corrected chi connectivity index (χ2v) is 6.66. The molecule has 1 saturated heterocycles. The van der Waals surface area contributed by atoms with Crippen LogP contribution in [-0.2, 0) is 6.18 Å². The Bertz CT molecular complexity index is 918. The van der Waals surface area contributed by atoms with Crippen LogP contribution < -0.4 is 9.80 Å². The van der Waals surface area contributed by atoms with Gasteiger partial charge in [0.1, 0.15) is 0 Å². The fraction of sp³-hybridized carbons (Fsp3) is 0.238. The first-order chi connectivity index (χ1) is 13.5. The second kappa shape index (κ2) is 7.50. The van der Waals surface area contributed by atoms with Crippen LogP contribution >= 0.6 is 0 Å². The molecule has 0 amide bonds. The highest BCUT2D eigenvalue weighted by Gasteiger charge is 2.31. The number of nitrogens with zero attached hydrogens (tertiary/aromatic N) is 4. The van der Waals surface area contributed by atoms with Gasteiger partial charge in [0, 0.05) is 37.4 Å². The first-order valence-electron chi connectivity index (χ1n) is 9.07. The second-order valence-electron chi connectivity index (χ2n) is 6.66. The van der Waals surface area contributed by atoms with Gasteiger partial charge in [-0.2, -0.15) is 13.2 Å². The van der Waals surface area contributed by atoms with Gasteiger partial charge in [-0.3, -0.25) is 0 Å². The van der Waals surface area contributed by atoms with E-state index >= 15 is 0 Å². The van der Waals surface area contributed by atoms with Gasteiger partial charge in [0.2, 0.25) is 0 Å². The minimum absolute atomic E-state index is 0.597. The maximum absolute atomic E-state index is 12.9. The molecule has 2 heterocycles. The van der Waals surface area contributed by atoms with Gasteiger partial charge in [-0.25, -0.2) is 0 Å². The molecular formula is C21H19F3N4. The number of halogens is 3. The number of hydrogen-bond acceptors (Lipinski definition) is 4. The molecule has 7 heteroatoms. The molecule has 1 aromatic heterocycles. The van der Waals surface area contributed by atoms with Crippen LogP contribution in [0, 0.1) is 0 Å². The summed E-state index contributed by atoms with van der Waals surface area (Å²) in [6.45, 7) is 2.61. The summed E-state index contributed by atoms with van der Waals surface area (Å²) in [6.07, 6.45) is -4.33. The number of benzene rings is 2. The molecular weight excluding hydrogens is 365 g/mol. The summed E-state index contributed by atoms with van der Waals surface area (Å²) in [6, 6.07) is 19.2. The summed E-state index contributed by atoms with van der Waals surface area (Å²) in [7, 11) is 0. The summed E-state index contributed by atoms with van der Waals surface area (Å²) >= 11 is 0. The van der Waals surface area contributed by atoms with E-state index in [1.165, 1.54) is 12.1 Å².